The lowest BCUT2D eigenvalue weighted by Crippen LogP contribution is -2.52. The molecule has 1 aliphatic rings. The summed E-state index contributed by atoms with van der Waals surface area (Å²) in [4.78, 5) is 11.5. The van der Waals surface area contributed by atoms with Gasteiger partial charge in [0.2, 0.25) is 0 Å². The van der Waals surface area contributed by atoms with Crippen molar-refractivity contribution in [2.45, 2.75) is 57.0 Å². The second-order valence-corrected chi connectivity index (χ2v) is 6.18. The lowest BCUT2D eigenvalue weighted by Gasteiger charge is -2.29. The first kappa shape index (κ1) is 15.8. The topological polar surface area (TPSA) is 69.6 Å². The third kappa shape index (κ3) is 5.16. The van der Waals surface area contributed by atoms with Crippen LogP contribution in [0.1, 0.15) is 45.4 Å². The van der Waals surface area contributed by atoms with Crippen LogP contribution < -0.4 is 5.32 Å². The number of nitrogens with one attached hydrogen (secondary N) is 1. The number of aliphatic hydroxyl groups is 1. The van der Waals surface area contributed by atoms with Crippen molar-refractivity contribution < 1.29 is 15.0 Å². The van der Waals surface area contributed by atoms with Gasteiger partial charge in [-0.25, -0.2) is 0 Å². The molecule has 0 spiro atoms. The van der Waals surface area contributed by atoms with Crippen LogP contribution in [0.4, 0.5) is 0 Å². The average molecular weight is 275 g/mol. The fraction of sp³-hybridized carbons (Fsp3) is 0.923. The largest absolute Gasteiger partial charge is 0.480 e. The van der Waals surface area contributed by atoms with Crippen molar-refractivity contribution >= 4 is 17.7 Å². The van der Waals surface area contributed by atoms with Crippen molar-refractivity contribution in [1.82, 2.24) is 5.32 Å². The van der Waals surface area contributed by atoms with E-state index in [1.807, 2.05) is 6.92 Å². The van der Waals surface area contributed by atoms with Gasteiger partial charge in [-0.3, -0.25) is 10.1 Å². The zero-order chi connectivity index (χ0) is 13.4. The molecule has 1 atom stereocenters. The Balaban J connectivity index is 2.29. The minimum absolute atomic E-state index is 0.240. The molecule has 0 aromatic carbocycles. The monoisotopic (exact) mass is 275 g/mol. The standard InChI is InChI=1S/C13H25NO3S/c1-2-13(12(16)17,14-11-5-6-11)7-3-9-18-10-4-8-15/h11,14-15H,2-10H2,1H3,(H,16,17). The molecule has 1 unspecified atom stereocenters. The Bertz CT molecular complexity index is 259. The van der Waals surface area contributed by atoms with Gasteiger partial charge in [0, 0.05) is 12.6 Å². The zero-order valence-electron chi connectivity index (χ0n) is 11.2. The van der Waals surface area contributed by atoms with Gasteiger partial charge in [-0.1, -0.05) is 6.92 Å². The van der Waals surface area contributed by atoms with Crippen LogP contribution in [0.5, 0.6) is 0 Å². The summed E-state index contributed by atoms with van der Waals surface area (Å²) in [6.45, 7) is 2.19. The van der Waals surface area contributed by atoms with E-state index in [0.717, 1.165) is 37.2 Å². The van der Waals surface area contributed by atoms with Crippen LogP contribution in [0.2, 0.25) is 0 Å². The van der Waals surface area contributed by atoms with Crippen molar-refractivity contribution in [3.05, 3.63) is 0 Å². The number of aliphatic carboxylic acids is 1. The molecule has 18 heavy (non-hydrogen) atoms. The smallest absolute Gasteiger partial charge is 0.323 e. The summed E-state index contributed by atoms with van der Waals surface area (Å²) in [5, 5.41) is 21.4. The highest BCUT2D eigenvalue weighted by Crippen LogP contribution is 2.27. The average Bonchev–Trinajstić information content (AvgIpc) is 3.15. The van der Waals surface area contributed by atoms with Gasteiger partial charge in [-0.05, 0) is 50.0 Å². The Kier molecular flexibility index (Phi) is 7.04. The first-order chi connectivity index (χ1) is 8.64. The number of thioether (sulfide) groups is 1. The molecule has 0 saturated heterocycles. The normalized spacial score (nSPS) is 18.6. The van der Waals surface area contributed by atoms with Crippen LogP contribution in [0, 0.1) is 0 Å². The van der Waals surface area contributed by atoms with E-state index in [9.17, 15) is 9.90 Å². The molecule has 4 nitrogen and oxygen atoms in total. The first-order valence-corrected chi connectivity index (χ1v) is 8.00. The Hall–Kier alpha value is -0.260. The number of carbonyl (C=O) groups is 1. The van der Waals surface area contributed by atoms with Gasteiger partial charge in [0.15, 0.2) is 0 Å². The van der Waals surface area contributed by atoms with E-state index in [1.165, 1.54) is 0 Å². The number of carboxylic acid groups (broad SMARTS) is 1. The van der Waals surface area contributed by atoms with Gasteiger partial charge in [0.05, 0.1) is 0 Å². The van der Waals surface area contributed by atoms with E-state index >= 15 is 0 Å². The van der Waals surface area contributed by atoms with Gasteiger partial charge in [0.25, 0.3) is 0 Å². The molecule has 1 rings (SSSR count). The first-order valence-electron chi connectivity index (χ1n) is 6.84. The molecule has 0 radical (unpaired) electrons. The molecule has 0 heterocycles. The molecule has 0 bridgehead atoms. The van der Waals surface area contributed by atoms with Gasteiger partial charge < -0.3 is 10.2 Å². The molecule has 3 N–H and O–H groups in total. The maximum atomic E-state index is 11.5. The van der Waals surface area contributed by atoms with E-state index in [1.54, 1.807) is 11.8 Å². The predicted octanol–water partition coefficient (Wildman–Crippen LogP) is 1.87. The number of hydrogen-bond donors (Lipinski definition) is 3. The third-order valence-corrected chi connectivity index (χ3v) is 4.56. The highest BCUT2D eigenvalue weighted by Gasteiger charge is 2.40. The predicted molar refractivity (Wildman–Crippen MR) is 75.1 cm³/mol. The van der Waals surface area contributed by atoms with Gasteiger partial charge in [0.1, 0.15) is 5.54 Å². The molecule has 106 valence electrons. The summed E-state index contributed by atoms with van der Waals surface area (Å²) in [7, 11) is 0. The van der Waals surface area contributed by atoms with Crippen molar-refractivity contribution in [2.75, 3.05) is 18.1 Å². The third-order valence-electron chi connectivity index (χ3n) is 3.41. The molecule has 5 heteroatoms. The van der Waals surface area contributed by atoms with Crippen LogP contribution >= 0.6 is 11.8 Å². The summed E-state index contributed by atoms with van der Waals surface area (Å²) < 4.78 is 0. The molecule has 1 saturated carbocycles. The molecular weight excluding hydrogens is 250 g/mol. The Morgan fingerprint density at radius 2 is 2.06 bits per heavy atom. The van der Waals surface area contributed by atoms with Crippen LogP contribution in [0.15, 0.2) is 0 Å². The SMILES string of the molecule is CCC(CCCSCCCO)(NC1CC1)C(=O)O. The fourth-order valence-electron chi connectivity index (χ4n) is 2.03. The number of carboxylic acids is 1. The zero-order valence-corrected chi connectivity index (χ0v) is 12.0. The summed E-state index contributed by atoms with van der Waals surface area (Å²) in [5.74, 6) is 1.22. The van der Waals surface area contributed by atoms with Crippen molar-refractivity contribution in [2.24, 2.45) is 0 Å². The summed E-state index contributed by atoms with van der Waals surface area (Å²) in [6, 6.07) is 0.420. The van der Waals surface area contributed by atoms with Crippen molar-refractivity contribution in [1.29, 1.82) is 0 Å². The van der Waals surface area contributed by atoms with Crippen molar-refractivity contribution in [3.8, 4) is 0 Å². The molecular formula is C13H25NO3S. The summed E-state index contributed by atoms with van der Waals surface area (Å²) in [5.41, 5.74) is -0.724. The lowest BCUT2D eigenvalue weighted by molar-refractivity contribution is -0.145. The summed E-state index contributed by atoms with van der Waals surface area (Å²) >= 11 is 1.79. The molecule has 0 aromatic rings. The molecule has 0 amide bonds. The van der Waals surface area contributed by atoms with E-state index in [0.29, 0.717) is 18.9 Å². The Morgan fingerprint density at radius 3 is 2.56 bits per heavy atom. The van der Waals surface area contributed by atoms with Crippen molar-refractivity contribution in [3.63, 3.8) is 0 Å². The number of aliphatic hydroxyl groups excluding tert-OH is 1. The van der Waals surface area contributed by atoms with Gasteiger partial charge >= 0.3 is 5.97 Å². The molecule has 1 aliphatic carbocycles. The van der Waals surface area contributed by atoms with Crippen LogP contribution in [0.25, 0.3) is 0 Å². The second kappa shape index (κ2) is 8.02. The summed E-state index contributed by atoms with van der Waals surface area (Å²) in [6.07, 6.45) is 5.29. The maximum Gasteiger partial charge on any atom is 0.323 e. The van der Waals surface area contributed by atoms with Crippen LogP contribution in [-0.4, -0.2) is 45.9 Å². The van der Waals surface area contributed by atoms with Crippen LogP contribution in [0.3, 0.4) is 0 Å². The highest BCUT2D eigenvalue weighted by molar-refractivity contribution is 7.99. The minimum atomic E-state index is -0.724. The quantitative estimate of drug-likeness (QED) is 0.502. The molecule has 1 fully saturated rings. The highest BCUT2D eigenvalue weighted by atomic mass is 32.2. The fourth-order valence-corrected chi connectivity index (χ4v) is 2.92. The van der Waals surface area contributed by atoms with E-state index in [4.69, 9.17) is 5.11 Å². The minimum Gasteiger partial charge on any atom is -0.480 e. The van der Waals surface area contributed by atoms with Crippen LogP contribution in [-0.2, 0) is 4.79 Å². The van der Waals surface area contributed by atoms with Gasteiger partial charge in [-0.15, -0.1) is 0 Å². The number of rotatable bonds is 11. The van der Waals surface area contributed by atoms with E-state index < -0.39 is 11.5 Å². The maximum absolute atomic E-state index is 11.5. The van der Waals surface area contributed by atoms with E-state index in [-0.39, 0.29) is 6.61 Å². The van der Waals surface area contributed by atoms with E-state index in [2.05, 4.69) is 5.32 Å². The Morgan fingerprint density at radius 1 is 1.39 bits per heavy atom. The lowest BCUT2D eigenvalue weighted by atomic mass is 9.90. The second-order valence-electron chi connectivity index (χ2n) is 4.95. The molecule has 0 aliphatic heterocycles. The number of hydrogen-bond acceptors (Lipinski definition) is 4. The Labute approximate surface area is 114 Å². The molecule has 0 aromatic heterocycles. The van der Waals surface area contributed by atoms with Gasteiger partial charge in [-0.2, -0.15) is 11.8 Å².